The van der Waals surface area contributed by atoms with Gasteiger partial charge in [0, 0.05) is 6.42 Å². The molecule has 0 amide bonds. The van der Waals surface area contributed by atoms with Crippen molar-refractivity contribution in [3.63, 3.8) is 0 Å². The monoisotopic (exact) mass is 582 g/mol. The number of nitrogens with two attached hydrogens (primary N) is 1. The second kappa shape index (κ2) is 25.1. The summed E-state index contributed by atoms with van der Waals surface area (Å²) in [5.74, 6) is 0.702. The fourth-order valence-electron chi connectivity index (χ4n) is 3.75. The van der Waals surface area contributed by atoms with Gasteiger partial charge in [-0.05, 0) is 86.4 Å². The van der Waals surface area contributed by atoms with E-state index in [4.69, 9.17) is 5.73 Å². The smallest absolute Gasteiger partial charge is 0.0996 e. The van der Waals surface area contributed by atoms with Gasteiger partial charge in [-0.15, -0.1) is 0 Å². The van der Waals surface area contributed by atoms with E-state index < -0.39 is 0 Å². The van der Waals surface area contributed by atoms with Crippen LogP contribution in [0.3, 0.4) is 0 Å². The van der Waals surface area contributed by atoms with Crippen molar-refractivity contribution in [1.82, 2.24) is 0 Å². The van der Waals surface area contributed by atoms with Gasteiger partial charge < -0.3 is 5.73 Å². The summed E-state index contributed by atoms with van der Waals surface area (Å²) in [5.41, 5.74) is 15.4. The van der Waals surface area contributed by atoms with E-state index in [0.717, 1.165) is 55.4 Å². The molecule has 0 saturated heterocycles. The number of nitrogens with zero attached hydrogens (tertiary/aromatic N) is 1. The zero-order chi connectivity index (χ0) is 32.5. The molecule has 1 aliphatic rings. The summed E-state index contributed by atoms with van der Waals surface area (Å²) < 4.78 is 0. The summed E-state index contributed by atoms with van der Waals surface area (Å²) in [7, 11) is 0. The van der Waals surface area contributed by atoms with Crippen LogP contribution >= 0.6 is 0 Å². The molecule has 0 unspecified atom stereocenters. The van der Waals surface area contributed by atoms with Gasteiger partial charge in [0.2, 0.25) is 0 Å². The molecule has 0 atom stereocenters. The topological polar surface area (TPSA) is 38.4 Å². The minimum absolute atomic E-state index is 0.702. The fraction of sp³-hybridized carbons (Fsp3) is 0.439. The lowest BCUT2D eigenvalue weighted by molar-refractivity contribution is 0.831. The Morgan fingerprint density at radius 2 is 1.37 bits per heavy atom. The minimum atomic E-state index is 0.702. The van der Waals surface area contributed by atoms with E-state index in [2.05, 4.69) is 116 Å². The Morgan fingerprint density at radius 3 is 1.79 bits per heavy atom. The van der Waals surface area contributed by atoms with Crippen LogP contribution in [0.15, 0.2) is 113 Å². The minimum Gasteiger partial charge on any atom is -0.387 e. The molecular weight excluding hydrogens is 520 g/mol. The van der Waals surface area contributed by atoms with Gasteiger partial charge in [0.05, 0.1) is 11.5 Å². The van der Waals surface area contributed by atoms with Gasteiger partial charge in [0.25, 0.3) is 0 Å². The Kier molecular flexibility index (Phi) is 23.2. The second-order valence-electron chi connectivity index (χ2n) is 11.2. The average Bonchev–Trinajstić information content (AvgIpc) is 3.04. The molecule has 0 saturated carbocycles. The predicted molar refractivity (Wildman–Crippen MR) is 197 cm³/mol. The van der Waals surface area contributed by atoms with Crippen LogP contribution in [0.2, 0.25) is 0 Å². The quantitative estimate of drug-likeness (QED) is 0.160. The summed E-state index contributed by atoms with van der Waals surface area (Å²) >= 11 is 0. The first-order chi connectivity index (χ1) is 20.6. The number of hydrogen-bond acceptors (Lipinski definition) is 1. The van der Waals surface area contributed by atoms with Crippen molar-refractivity contribution < 1.29 is 0 Å². The van der Waals surface area contributed by atoms with Crippen LogP contribution in [-0.2, 0) is 0 Å². The van der Waals surface area contributed by atoms with E-state index in [1.807, 2.05) is 30.3 Å². The summed E-state index contributed by atoms with van der Waals surface area (Å²) in [5, 5.41) is 0. The standard InChI is InChI=1S/C26H34N2.C7H8.2C4H10/c1-6-7-13-26(27)28-24-16-14-23(15-17-24)25(21(5)19(2)3)18-20(4)22-11-9-8-10-12-22;1-7-5-3-2-4-6-7;2*1-3-4-2/h9,11-12,14-17H,2,4,6-8,10,13,18H2,1,3,5H3,(H2,27,28);2-6H,1H3;2*3-4H2,1-2H3/b25-21-;;;. The van der Waals surface area contributed by atoms with Crippen molar-refractivity contribution in [2.45, 2.75) is 120 Å². The van der Waals surface area contributed by atoms with Crippen molar-refractivity contribution in [3.8, 4) is 0 Å². The highest BCUT2D eigenvalue weighted by Gasteiger charge is 2.12. The second-order valence-corrected chi connectivity index (χ2v) is 11.2. The Bertz CT molecular complexity index is 1150. The molecule has 0 aromatic heterocycles. The molecule has 2 nitrogen and oxygen atoms in total. The molecule has 0 radical (unpaired) electrons. The average molecular weight is 583 g/mol. The number of amidine groups is 1. The number of hydrogen-bond donors (Lipinski definition) is 1. The van der Waals surface area contributed by atoms with Crippen LogP contribution < -0.4 is 5.73 Å². The van der Waals surface area contributed by atoms with Crippen molar-refractivity contribution >= 4 is 17.1 Å². The SMILES string of the molecule is C=C(C/C(=C(\C)C(=C)C)c1ccc(N=C(N)CCCC)cc1)C1=CCCC=C1.CCCC.CCCC.Cc1ccccc1. The molecule has 2 heteroatoms. The maximum absolute atomic E-state index is 6.03. The van der Waals surface area contributed by atoms with Crippen LogP contribution in [0.5, 0.6) is 0 Å². The van der Waals surface area contributed by atoms with E-state index >= 15 is 0 Å². The molecule has 2 N–H and O–H groups in total. The van der Waals surface area contributed by atoms with Crippen LogP contribution in [-0.4, -0.2) is 5.84 Å². The molecule has 43 heavy (non-hydrogen) atoms. The molecule has 1 aliphatic carbocycles. The Hall–Kier alpha value is -3.39. The summed E-state index contributed by atoms with van der Waals surface area (Å²) in [6.07, 6.45) is 18.1. The van der Waals surface area contributed by atoms with Crippen molar-refractivity contribution in [2.24, 2.45) is 10.7 Å². The van der Waals surface area contributed by atoms with Crippen LogP contribution in [0, 0.1) is 6.92 Å². The number of aryl methyl sites for hydroxylation is 1. The molecule has 236 valence electrons. The molecule has 2 aromatic rings. The Morgan fingerprint density at radius 1 is 0.791 bits per heavy atom. The number of benzene rings is 2. The molecular formula is C41H62N2. The van der Waals surface area contributed by atoms with Crippen molar-refractivity contribution in [2.75, 3.05) is 0 Å². The van der Waals surface area contributed by atoms with Gasteiger partial charge in [-0.25, -0.2) is 4.99 Å². The van der Waals surface area contributed by atoms with E-state index in [-0.39, 0.29) is 0 Å². The third-order valence-corrected chi connectivity index (χ3v) is 7.10. The van der Waals surface area contributed by atoms with E-state index in [0.29, 0.717) is 5.84 Å². The third kappa shape index (κ3) is 18.7. The molecule has 0 fully saturated rings. The maximum atomic E-state index is 6.03. The van der Waals surface area contributed by atoms with Crippen molar-refractivity contribution in [1.29, 1.82) is 0 Å². The van der Waals surface area contributed by atoms with Crippen molar-refractivity contribution in [3.05, 3.63) is 119 Å². The summed E-state index contributed by atoms with van der Waals surface area (Å²) in [4.78, 5) is 4.54. The lowest BCUT2D eigenvalue weighted by Crippen LogP contribution is -2.10. The van der Waals surface area contributed by atoms with Crippen LogP contribution in [0.1, 0.15) is 124 Å². The first-order valence-electron chi connectivity index (χ1n) is 16.5. The molecule has 0 spiro atoms. The van der Waals surface area contributed by atoms with E-state index in [1.165, 1.54) is 53.5 Å². The largest absolute Gasteiger partial charge is 0.387 e. The van der Waals surface area contributed by atoms with Gasteiger partial charge in [-0.3, -0.25) is 0 Å². The first kappa shape index (κ1) is 39.6. The molecule has 3 rings (SSSR count). The zero-order valence-electron chi connectivity index (χ0n) is 28.9. The number of rotatable bonds is 11. The summed E-state index contributed by atoms with van der Waals surface area (Å²) in [6, 6.07) is 18.6. The van der Waals surface area contributed by atoms with Gasteiger partial charge in [0.15, 0.2) is 0 Å². The van der Waals surface area contributed by atoms with E-state index in [9.17, 15) is 0 Å². The zero-order valence-corrected chi connectivity index (χ0v) is 28.9. The summed E-state index contributed by atoms with van der Waals surface area (Å²) in [6.45, 7) is 25.7. The van der Waals surface area contributed by atoms with Gasteiger partial charge in [0.1, 0.15) is 0 Å². The lowest BCUT2D eigenvalue weighted by atomic mass is 9.88. The van der Waals surface area contributed by atoms with Gasteiger partial charge >= 0.3 is 0 Å². The number of unbranched alkanes of at least 4 members (excludes halogenated alkanes) is 3. The molecule has 0 aliphatic heterocycles. The normalized spacial score (nSPS) is 12.7. The Balaban J connectivity index is 0.000000958. The third-order valence-electron chi connectivity index (χ3n) is 7.10. The predicted octanol–water partition coefficient (Wildman–Crippen LogP) is 13.0. The fourth-order valence-corrected chi connectivity index (χ4v) is 3.75. The Labute approximate surface area is 266 Å². The van der Waals surface area contributed by atoms with Crippen LogP contribution in [0.25, 0.3) is 5.57 Å². The molecule has 0 heterocycles. The molecule has 2 aromatic carbocycles. The highest BCUT2D eigenvalue weighted by atomic mass is 14.8. The number of allylic oxidation sites excluding steroid dienone is 8. The highest BCUT2D eigenvalue weighted by molar-refractivity contribution is 5.83. The van der Waals surface area contributed by atoms with Gasteiger partial charge in [-0.2, -0.15) is 0 Å². The lowest BCUT2D eigenvalue weighted by Gasteiger charge is -2.17. The van der Waals surface area contributed by atoms with Crippen LogP contribution in [0.4, 0.5) is 5.69 Å². The highest BCUT2D eigenvalue weighted by Crippen LogP contribution is 2.33. The maximum Gasteiger partial charge on any atom is 0.0996 e. The number of aliphatic imine (C=N–C) groups is 1. The van der Waals surface area contributed by atoms with Gasteiger partial charge in [-0.1, -0.05) is 152 Å². The molecule has 0 bridgehead atoms. The first-order valence-corrected chi connectivity index (χ1v) is 16.5. The van der Waals surface area contributed by atoms with E-state index in [1.54, 1.807) is 0 Å².